The first-order valence-electron chi connectivity index (χ1n) is 9.44. The molecule has 28 heavy (non-hydrogen) atoms. The summed E-state index contributed by atoms with van der Waals surface area (Å²) in [6.45, 7) is 1.89. The first-order valence-corrected chi connectivity index (χ1v) is 10.9. The van der Waals surface area contributed by atoms with Gasteiger partial charge >= 0.3 is 0 Å². The Hall–Kier alpha value is -2.51. The number of amides is 2. The smallest absolute Gasteiger partial charge is 0.261 e. The highest BCUT2D eigenvalue weighted by Crippen LogP contribution is 2.31. The van der Waals surface area contributed by atoms with Gasteiger partial charge in [-0.25, -0.2) is 13.1 Å². The van der Waals surface area contributed by atoms with Crippen molar-refractivity contribution in [3.8, 4) is 0 Å². The van der Waals surface area contributed by atoms with Gasteiger partial charge in [0.1, 0.15) is 0 Å². The highest BCUT2D eigenvalue weighted by molar-refractivity contribution is 7.89. The lowest BCUT2D eigenvalue weighted by atomic mass is 9.90. The van der Waals surface area contributed by atoms with Crippen molar-refractivity contribution in [3.63, 3.8) is 0 Å². The number of benzene rings is 2. The minimum atomic E-state index is -3.74. The number of nitrogens with one attached hydrogen (secondary N) is 1. The van der Waals surface area contributed by atoms with E-state index in [1.165, 1.54) is 4.90 Å². The third-order valence-electron chi connectivity index (χ3n) is 5.52. The van der Waals surface area contributed by atoms with Crippen molar-refractivity contribution in [1.29, 1.82) is 0 Å². The van der Waals surface area contributed by atoms with Crippen LogP contribution in [0.25, 0.3) is 0 Å². The number of carbonyl (C=O) groups excluding carboxylic acids is 2. The number of rotatable bonds is 4. The molecule has 1 N–H and O–H groups in total. The molecular weight excluding hydrogens is 376 g/mol. The third kappa shape index (κ3) is 3.25. The zero-order valence-corrected chi connectivity index (χ0v) is 16.4. The van der Waals surface area contributed by atoms with Crippen LogP contribution in [0.15, 0.2) is 53.4 Å². The van der Waals surface area contributed by atoms with Crippen molar-refractivity contribution in [3.05, 3.63) is 65.2 Å². The average molecular weight is 398 g/mol. The van der Waals surface area contributed by atoms with Gasteiger partial charge in [-0.05, 0) is 44.0 Å². The molecule has 0 aromatic heterocycles. The summed E-state index contributed by atoms with van der Waals surface area (Å²) >= 11 is 0. The fourth-order valence-electron chi connectivity index (χ4n) is 4.05. The molecule has 2 aliphatic rings. The number of aryl methyl sites for hydroxylation is 1. The summed E-state index contributed by atoms with van der Waals surface area (Å²) in [5, 5.41) is 0. The van der Waals surface area contributed by atoms with E-state index >= 15 is 0 Å². The maximum Gasteiger partial charge on any atom is 0.261 e. The Morgan fingerprint density at radius 3 is 2.07 bits per heavy atom. The molecule has 0 spiro atoms. The number of hydrogen-bond acceptors (Lipinski definition) is 4. The minimum absolute atomic E-state index is 0.185. The standard InChI is InChI=1S/C21H22N2O4S/c1-14-10-12-15(13-11-14)28(26,27)22-18-8-4-5-9-19(18)23-20(24)16-6-2-3-7-17(16)21(23)25/h2-3,6-7,10-13,18-19,22H,4-5,8-9H2,1H3/t18-,19-/m1/s1. The highest BCUT2D eigenvalue weighted by atomic mass is 32.2. The lowest BCUT2D eigenvalue weighted by Crippen LogP contribution is -2.54. The molecule has 0 saturated heterocycles. The van der Waals surface area contributed by atoms with Crippen LogP contribution in [0.4, 0.5) is 0 Å². The van der Waals surface area contributed by atoms with Gasteiger partial charge in [0.05, 0.1) is 22.1 Å². The summed E-state index contributed by atoms with van der Waals surface area (Å²) < 4.78 is 28.5. The molecule has 2 amide bonds. The molecule has 1 saturated carbocycles. The van der Waals surface area contributed by atoms with Crippen molar-refractivity contribution in [2.75, 3.05) is 0 Å². The predicted octanol–water partition coefficient (Wildman–Crippen LogP) is 2.88. The minimum Gasteiger partial charge on any atom is -0.270 e. The first kappa shape index (κ1) is 18.8. The third-order valence-corrected chi connectivity index (χ3v) is 7.03. The van der Waals surface area contributed by atoms with Gasteiger partial charge in [0.2, 0.25) is 10.0 Å². The van der Waals surface area contributed by atoms with Crippen molar-refractivity contribution >= 4 is 21.8 Å². The van der Waals surface area contributed by atoms with E-state index in [1.54, 1.807) is 48.5 Å². The van der Waals surface area contributed by atoms with Crippen LogP contribution in [0.5, 0.6) is 0 Å². The van der Waals surface area contributed by atoms with Crippen LogP contribution in [0.3, 0.4) is 0 Å². The van der Waals surface area contributed by atoms with E-state index in [0.717, 1.165) is 18.4 Å². The lowest BCUT2D eigenvalue weighted by molar-refractivity contribution is 0.0517. The van der Waals surface area contributed by atoms with E-state index < -0.39 is 22.1 Å². The largest absolute Gasteiger partial charge is 0.270 e. The van der Waals surface area contributed by atoms with Crippen LogP contribution in [0.1, 0.15) is 52.0 Å². The summed E-state index contributed by atoms with van der Waals surface area (Å²) in [5.74, 6) is -0.681. The van der Waals surface area contributed by atoms with Gasteiger partial charge < -0.3 is 0 Å². The molecular formula is C21H22N2O4S. The Morgan fingerprint density at radius 1 is 0.893 bits per heavy atom. The Morgan fingerprint density at radius 2 is 1.46 bits per heavy atom. The van der Waals surface area contributed by atoms with Crippen molar-refractivity contribution < 1.29 is 18.0 Å². The summed E-state index contributed by atoms with van der Waals surface area (Å²) in [7, 11) is -3.74. The quantitative estimate of drug-likeness (QED) is 0.803. The summed E-state index contributed by atoms with van der Waals surface area (Å²) in [5.41, 5.74) is 1.75. The van der Waals surface area contributed by atoms with Gasteiger partial charge in [-0.3, -0.25) is 14.5 Å². The molecule has 0 bridgehead atoms. The number of imide groups is 1. The van der Waals surface area contributed by atoms with E-state index in [9.17, 15) is 18.0 Å². The molecule has 1 aliphatic heterocycles. The van der Waals surface area contributed by atoms with E-state index in [1.807, 2.05) is 6.92 Å². The molecule has 0 unspecified atom stereocenters. The average Bonchev–Trinajstić information content (AvgIpc) is 2.93. The van der Waals surface area contributed by atoms with E-state index in [-0.39, 0.29) is 16.7 Å². The van der Waals surface area contributed by atoms with Gasteiger partial charge in [0.15, 0.2) is 0 Å². The van der Waals surface area contributed by atoms with Crippen LogP contribution >= 0.6 is 0 Å². The number of carbonyl (C=O) groups is 2. The highest BCUT2D eigenvalue weighted by Gasteiger charge is 2.44. The molecule has 2 aromatic rings. The summed E-state index contributed by atoms with van der Waals surface area (Å²) in [4.78, 5) is 27.1. The summed E-state index contributed by atoms with van der Waals surface area (Å²) in [6.07, 6.45) is 2.87. The molecule has 7 heteroatoms. The Bertz CT molecular complexity index is 996. The van der Waals surface area contributed by atoms with Gasteiger partial charge in [-0.1, -0.05) is 42.7 Å². The number of nitrogens with zero attached hydrogens (tertiary/aromatic N) is 1. The molecule has 0 radical (unpaired) electrons. The van der Waals surface area contributed by atoms with Crippen LogP contribution in [0.2, 0.25) is 0 Å². The number of fused-ring (bicyclic) bond motifs is 1. The van der Waals surface area contributed by atoms with Crippen LogP contribution in [-0.4, -0.2) is 37.2 Å². The molecule has 6 nitrogen and oxygen atoms in total. The topological polar surface area (TPSA) is 83.6 Å². The lowest BCUT2D eigenvalue weighted by Gasteiger charge is -2.36. The van der Waals surface area contributed by atoms with Crippen LogP contribution < -0.4 is 4.72 Å². The molecule has 2 aromatic carbocycles. The van der Waals surface area contributed by atoms with E-state index in [2.05, 4.69) is 4.72 Å². The van der Waals surface area contributed by atoms with Crippen molar-refractivity contribution in [2.45, 2.75) is 49.6 Å². The molecule has 1 fully saturated rings. The van der Waals surface area contributed by atoms with Crippen LogP contribution in [-0.2, 0) is 10.0 Å². The van der Waals surface area contributed by atoms with Gasteiger partial charge in [-0.2, -0.15) is 0 Å². The van der Waals surface area contributed by atoms with Gasteiger partial charge in [0.25, 0.3) is 11.8 Å². The van der Waals surface area contributed by atoms with Crippen molar-refractivity contribution in [2.24, 2.45) is 0 Å². The Labute approximate surface area is 164 Å². The fourth-order valence-corrected chi connectivity index (χ4v) is 5.36. The molecule has 1 aliphatic carbocycles. The zero-order chi connectivity index (χ0) is 19.9. The summed E-state index contributed by atoms with van der Waals surface area (Å²) in [6, 6.07) is 12.4. The van der Waals surface area contributed by atoms with Crippen LogP contribution in [0, 0.1) is 6.92 Å². The number of sulfonamides is 1. The second-order valence-electron chi connectivity index (χ2n) is 7.42. The fraction of sp³-hybridized carbons (Fsp3) is 0.333. The molecule has 2 atom stereocenters. The second kappa shape index (κ2) is 7.14. The number of hydrogen-bond donors (Lipinski definition) is 1. The van der Waals surface area contributed by atoms with Crippen molar-refractivity contribution in [1.82, 2.24) is 9.62 Å². The van der Waals surface area contributed by atoms with E-state index in [0.29, 0.717) is 24.0 Å². The molecule has 4 rings (SSSR count). The molecule has 146 valence electrons. The van der Waals surface area contributed by atoms with Gasteiger partial charge in [0, 0.05) is 6.04 Å². The zero-order valence-electron chi connectivity index (χ0n) is 15.6. The van der Waals surface area contributed by atoms with Gasteiger partial charge in [-0.15, -0.1) is 0 Å². The molecule has 1 heterocycles. The second-order valence-corrected chi connectivity index (χ2v) is 9.13. The normalized spacial score (nSPS) is 22.4. The maximum absolute atomic E-state index is 12.9. The first-order chi connectivity index (χ1) is 13.4. The predicted molar refractivity (Wildman–Crippen MR) is 104 cm³/mol. The SMILES string of the molecule is Cc1ccc(S(=O)(=O)N[C@@H]2CCCC[C@H]2N2C(=O)c3ccccc3C2=O)cc1. The monoisotopic (exact) mass is 398 g/mol. The Kier molecular flexibility index (Phi) is 4.81. The van der Waals surface area contributed by atoms with E-state index in [4.69, 9.17) is 0 Å². The Balaban J connectivity index is 1.62. The maximum atomic E-state index is 12.9.